The average Bonchev–Trinajstić information content (AvgIpc) is 3.07. The zero-order valence-electron chi connectivity index (χ0n) is 24.5. The first kappa shape index (κ1) is 34.5. The van der Waals surface area contributed by atoms with Crippen LogP contribution in [-0.4, -0.2) is 24.8 Å². The molecule has 3 aromatic carbocycles. The summed E-state index contributed by atoms with van der Waals surface area (Å²) in [7, 11) is 0. The minimum atomic E-state index is -0.636. The third kappa shape index (κ3) is 13.5. The number of rotatable bonds is 6. The van der Waals surface area contributed by atoms with Crippen molar-refractivity contribution < 1.29 is 23.7 Å². The predicted molar refractivity (Wildman–Crippen MR) is 173 cm³/mol. The van der Waals surface area contributed by atoms with Crippen molar-refractivity contribution in [2.45, 2.75) is 0 Å². The van der Waals surface area contributed by atoms with E-state index < -0.39 is 15.7 Å². The number of aromatic nitrogens is 3. The maximum atomic E-state index is 12.2. The number of aromatic amines is 1. The highest BCUT2D eigenvalue weighted by molar-refractivity contribution is 5.45. The number of pyridine rings is 3. The molecular weight excluding hydrogens is 611 g/mol. The van der Waals surface area contributed by atoms with Crippen LogP contribution in [0.25, 0.3) is 0 Å². The van der Waals surface area contributed by atoms with Crippen LogP contribution in [0.2, 0.25) is 0 Å². The number of nitrogen functional groups attached to an aromatic ring is 1. The van der Waals surface area contributed by atoms with Gasteiger partial charge in [-0.3, -0.25) is 35.0 Å². The molecule has 0 atom stereocenters. The predicted octanol–water partition coefficient (Wildman–Crippen LogP) is 7.35. The molecule has 0 saturated carbocycles. The summed E-state index contributed by atoms with van der Waals surface area (Å²) in [6, 6.07) is 27.8. The number of hydrogen-bond acceptors (Lipinski definition) is 10. The minimum Gasteiger partial charge on any atom is -0.457 e. The first-order chi connectivity index (χ1) is 22.7. The second kappa shape index (κ2) is 18.6. The number of nitrogens with one attached hydrogen (secondary N) is 1. The Kier molecular flexibility index (Phi) is 13.7. The lowest BCUT2D eigenvalue weighted by Crippen LogP contribution is -1.92. The Labute approximate surface area is 267 Å². The van der Waals surface area contributed by atoms with Gasteiger partial charge in [-0.05, 0) is 48.5 Å². The lowest BCUT2D eigenvalue weighted by molar-refractivity contribution is -0.385. The van der Waals surface area contributed by atoms with Crippen molar-refractivity contribution in [3.05, 3.63) is 183 Å². The Hall–Kier alpha value is -6.96. The van der Waals surface area contributed by atoms with Gasteiger partial charge < -0.3 is 20.2 Å². The molecule has 0 aliphatic rings. The fourth-order valence-corrected chi connectivity index (χ4v) is 3.28. The summed E-state index contributed by atoms with van der Waals surface area (Å²) < 4.78 is 23.2. The quantitative estimate of drug-likeness (QED) is 0.106. The number of halogens is 1. The molecule has 0 saturated heterocycles. The van der Waals surface area contributed by atoms with E-state index in [2.05, 4.69) is 15.0 Å². The summed E-state index contributed by atoms with van der Waals surface area (Å²) >= 11 is 0. The van der Waals surface area contributed by atoms with Crippen LogP contribution in [-0.2, 0) is 0 Å². The van der Waals surface area contributed by atoms with Crippen molar-refractivity contribution in [1.82, 2.24) is 15.0 Å². The van der Waals surface area contributed by atoms with Crippen LogP contribution in [0.5, 0.6) is 23.0 Å². The highest BCUT2D eigenvalue weighted by atomic mass is 19.1. The highest BCUT2D eigenvalue weighted by Gasteiger charge is 2.07. The molecule has 0 aliphatic carbocycles. The van der Waals surface area contributed by atoms with Gasteiger partial charge in [-0.15, -0.1) is 0 Å². The fourth-order valence-electron chi connectivity index (χ4n) is 3.28. The molecular formula is C33H27FN6O7. The number of nitro benzene ring substituents is 2. The van der Waals surface area contributed by atoms with Crippen LogP contribution < -0.4 is 20.6 Å². The molecule has 6 aromatic rings. The van der Waals surface area contributed by atoms with Crippen molar-refractivity contribution in [2.24, 2.45) is 0 Å². The van der Waals surface area contributed by atoms with Gasteiger partial charge in [0.1, 0.15) is 28.8 Å². The fraction of sp³-hybridized carbons (Fsp3) is 0. The molecule has 0 amide bonds. The molecule has 238 valence electrons. The van der Waals surface area contributed by atoms with Gasteiger partial charge in [0.25, 0.3) is 11.4 Å². The van der Waals surface area contributed by atoms with E-state index in [1.54, 1.807) is 79.6 Å². The Morgan fingerprint density at radius 3 is 1.51 bits per heavy atom. The normalized spacial score (nSPS) is 9.47. The molecule has 13 nitrogen and oxygen atoms in total. The van der Waals surface area contributed by atoms with E-state index >= 15 is 0 Å². The molecule has 3 aromatic heterocycles. The van der Waals surface area contributed by atoms with Crippen molar-refractivity contribution in [3.63, 3.8) is 0 Å². The van der Waals surface area contributed by atoms with E-state index in [1.165, 1.54) is 36.4 Å². The van der Waals surface area contributed by atoms with Crippen LogP contribution in [0.15, 0.2) is 151 Å². The van der Waals surface area contributed by atoms with Gasteiger partial charge in [-0.25, -0.2) is 4.39 Å². The standard InChI is InChI=1S/C11H8N2O3.C11H10N2O.C6H4FNO2.C5H5NO/c14-13(15)9-2-1-3-11(8-9)16-10-4-6-12-7-5-10;12-9-2-1-3-11(8-9)14-10-4-6-13-7-5-10;7-5-2-1-3-6(4-5)8(9)10;7-5-1-3-6-4-2-5/h1-8H;1-8H,12H2;1-4H;1-4H,(H,6,7). The first-order valence-electron chi connectivity index (χ1n) is 13.5. The van der Waals surface area contributed by atoms with Crippen LogP contribution in [0, 0.1) is 26.0 Å². The topological polar surface area (TPSA) is 189 Å². The molecule has 0 spiro atoms. The number of nitrogens with two attached hydrogens (primary N) is 1. The first-order valence-corrected chi connectivity index (χ1v) is 13.5. The Balaban J connectivity index is 0.000000177. The molecule has 47 heavy (non-hydrogen) atoms. The van der Waals surface area contributed by atoms with E-state index in [0.717, 1.165) is 23.6 Å². The van der Waals surface area contributed by atoms with Gasteiger partial charge in [-0.1, -0.05) is 18.2 Å². The number of benzene rings is 3. The lowest BCUT2D eigenvalue weighted by atomic mass is 10.3. The van der Waals surface area contributed by atoms with E-state index in [-0.39, 0.29) is 16.8 Å². The summed E-state index contributed by atoms with van der Waals surface area (Å²) in [6.45, 7) is 0. The maximum absolute atomic E-state index is 12.2. The van der Waals surface area contributed by atoms with E-state index in [9.17, 15) is 29.4 Å². The summed E-state index contributed by atoms with van der Waals surface area (Å²) in [4.78, 5) is 40.2. The SMILES string of the molecule is Nc1cccc(Oc2ccncc2)c1.O=[N+]([O-])c1cccc(F)c1.O=[N+]([O-])c1cccc(Oc2ccncc2)c1.O=c1cc[nH]cc1. The van der Waals surface area contributed by atoms with Gasteiger partial charge in [-0.2, -0.15) is 0 Å². The summed E-state index contributed by atoms with van der Waals surface area (Å²) in [5.41, 5.74) is 6.14. The molecule has 0 fully saturated rings. The van der Waals surface area contributed by atoms with Crippen LogP contribution in [0.1, 0.15) is 0 Å². The number of ether oxygens (including phenoxy) is 2. The molecule has 0 bridgehead atoms. The molecule has 3 N–H and O–H groups in total. The second-order valence-corrected chi connectivity index (χ2v) is 8.87. The zero-order valence-corrected chi connectivity index (χ0v) is 24.5. The van der Waals surface area contributed by atoms with Crippen LogP contribution in [0.4, 0.5) is 21.5 Å². The molecule has 3 heterocycles. The number of H-pyrrole nitrogens is 1. The third-order valence-corrected chi connectivity index (χ3v) is 5.36. The summed E-state index contributed by atoms with van der Waals surface area (Å²) in [5.74, 6) is 1.92. The lowest BCUT2D eigenvalue weighted by Gasteiger charge is -2.04. The number of hydrogen-bond donors (Lipinski definition) is 2. The van der Waals surface area contributed by atoms with Gasteiger partial charge in [0.15, 0.2) is 5.43 Å². The van der Waals surface area contributed by atoms with Gasteiger partial charge >= 0.3 is 0 Å². The van der Waals surface area contributed by atoms with E-state index in [0.29, 0.717) is 17.2 Å². The van der Waals surface area contributed by atoms with Crippen molar-refractivity contribution in [1.29, 1.82) is 0 Å². The summed E-state index contributed by atoms with van der Waals surface area (Å²) in [6.07, 6.45) is 9.74. The smallest absolute Gasteiger partial charge is 0.273 e. The molecule has 6 rings (SSSR count). The molecule has 0 radical (unpaired) electrons. The second-order valence-electron chi connectivity index (χ2n) is 8.87. The third-order valence-electron chi connectivity index (χ3n) is 5.36. The van der Waals surface area contributed by atoms with E-state index in [4.69, 9.17) is 15.2 Å². The Bertz CT molecular complexity index is 1890. The van der Waals surface area contributed by atoms with Gasteiger partial charge in [0.2, 0.25) is 0 Å². The van der Waals surface area contributed by atoms with Crippen LogP contribution >= 0.6 is 0 Å². The maximum Gasteiger partial charge on any atom is 0.273 e. The zero-order chi connectivity index (χ0) is 33.9. The largest absolute Gasteiger partial charge is 0.457 e. The average molecular weight is 639 g/mol. The minimum absolute atomic E-state index is 0.00607. The van der Waals surface area contributed by atoms with Crippen molar-refractivity contribution in [3.8, 4) is 23.0 Å². The number of anilines is 1. The van der Waals surface area contributed by atoms with E-state index in [1.807, 2.05) is 18.2 Å². The summed E-state index contributed by atoms with van der Waals surface area (Å²) in [5, 5.41) is 20.5. The monoisotopic (exact) mass is 638 g/mol. The molecule has 0 aliphatic heterocycles. The van der Waals surface area contributed by atoms with Crippen molar-refractivity contribution >= 4 is 17.1 Å². The Morgan fingerprint density at radius 1 is 0.617 bits per heavy atom. The number of nitro groups is 2. The Morgan fingerprint density at radius 2 is 1.09 bits per heavy atom. The number of non-ortho nitro benzene ring substituents is 2. The molecule has 0 unspecified atom stereocenters. The highest BCUT2D eigenvalue weighted by Crippen LogP contribution is 2.24. The van der Waals surface area contributed by atoms with Gasteiger partial charge in [0, 0.05) is 73.2 Å². The van der Waals surface area contributed by atoms with Crippen LogP contribution in [0.3, 0.4) is 0 Å². The molecule has 14 heteroatoms. The number of nitrogens with zero attached hydrogens (tertiary/aromatic N) is 4. The van der Waals surface area contributed by atoms with Gasteiger partial charge in [0.05, 0.1) is 22.0 Å². The van der Waals surface area contributed by atoms with Crippen molar-refractivity contribution in [2.75, 3.05) is 5.73 Å².